The molecule has 0 amide bonds. The van der Waals surface area contributed by atoms with E-state index in [9.17, 15) is 4.79 Å². The molecule has 0 aliphatic heterocycles. The smallest absolute Gasteiger partial charge is 0.132 e. The molecule has 0 saturated carbocycles. The molecule has 0 aromatic carbocycles. The zero-order valence-electron chi connectivity index (χ0n) is 8.81. The molecule has 2 nitrogen and oxygen atoms in total. The summed E-state index contributed by atoms with van der Waals surface area (Å²) in [6, 6.07) is 0. The third kappa shape index (κ3) is 9.28. The van der Waals surface area contributed by atoms with Gasteiger partial charge in [0.2, 0.25) is 0 Å². The fraction of sp³-hybridized carbons (Fsp3) is 0.727. The lowest BCUT2D eigenvalue weighted by Crippen LogP contribution is -2.32. The van der Waals surface area contributed by atoms with Crippen LogP contribution in [0.3, 0.4) is 0 Å². The predicted octanol–water partition coefficient (Wildman–Crippen LogP) is 2.43. The molecule has 0 fully saturated rings. The van der Waals surface area contributed by atoms with Crippen LogP contribution in [0, 0.1) is 0 Å². The number of hydrogen-bond donors (Lipinski definition) is 1. The molecule has 0 atom stereocenters. The quantitative estimate of drug-likeness (QED) is 0.486. The zero-order valence-corrected chi connectivity index (χ0v) is 8.81. The molecule has 2 N–H and O–H groups in total. The van der Waals surface area contributed by atoms with Gasteiger partial charge in [0.15, 0.2) is 0 Å². The van der Waals surface area contributed by atoms with Crippen LogP contribution in [0.2, 0.25) is 0 Å². The lowest BCUT2D eigenvalue weighted by atomic mass is 9.97. The number of rotatable bonds is 7. The Bertz CT molecular complexity index is 167. The first-order chi connectivity index (χ1) is 5.95. The van der Waals surface area contributed by atoms with Crippen LogP contribution in [-0.4, -0.2) is 11.3 Å². The first-order valence-corrected chi connectivity index (χ1v) is 4.87. The summed E-state index contributed by atoms with van der Waals surface area (Å²) in [5.74, 6) is 0.320. The van der Waals surface area contributed by atoms with Crippen molar-refractivity contribution < 1.29 is 4.79 Å². The molecule has 0 aliphatic rings. The van der Waals surface area contributed by atoms with Crippen LogP contribution in [0.15, 0.2) is 12.7 Å². The molecule has 2 heteroatoms. The van der Waals surface area contributed by atoms with Gasteiger partial charge in [-0.1, -0.05) is 6.08 Å². The average molecular weight is 183 g/mol. The van der Waals surface area contributed by atoms with Gasteiger partial charge >= 0.3 is 0 Å². The highest BCUT2D eigenvalue weighted by Crippen LogP contribution is 2.09. The summed E-state index contributed by atoms with van der Waals surface area (Å²) in [7, 11) is 0. The number of carbonyl (C=O) groups excluding carboxylic acids is 1. The molecular weight excluding hydrogens is 162 g/mol. The van der Waals surface area contributed by atoms with Gasteiger partial charge in [0.25, 0.3) is 0 Å². The standard InChI is InChI=1S/C11H21NO/c1-4-5-6-7-10(13)8-9-11(2,3)12/h4H,1,5-9,12H2,2-3H3. The van der Waals surface area contributed by atoms with E-state index in [0.29, 0.717) is 18.6 Å². The maximum atomic E-state index is 11.3. The normalized spacial score (nSPS) is 11.3. The van der Waals surface area contributed by atoms with Crippen LogP contribution < -0.4 is 5.73 Å². The number of nitrogens with two attached hydrogens (primary N) is 1. The minimum Gasteiger partial charge on any atom is -0.326 e. The summed E-state index contributed by atoms with van der Waals surface area (Å²) < 4.78 is 0. The van der Waals surface area contributed by atoms with Gasteiger partial charge in [0.05, 0.1) is 0 Å². The Balaban J connectivity index is 3.46. The summed E-state index contributed by atoms with van der Waals surface area (Å²) >= 11 is 0. The molecule has 0 spiro atoms. The summed E-state index contributed by atoms with van der Waals surface area (Å²) in [4.78, 5) is 11.3. The molecular formula is C11H21NO. The number of unbranched alkanes of at least 4 members (excludes halogenated alkanes) is 1. The van der Waals surface area contributed by atoms with Crippen LogP contribution in [0.5, 0.6) is 0 Å². The van der Waals surface area contributed by atoms with E-state index < -0.39 is 0 Å². The van der Waals surface area contributed by atoms with Crippen molar-refractivity contribution in [3.8, 4) is 0 Å². The molecule has 0 heterocycles. The third-order valence-electron chi connectivity index (χ3n) is 1.91. The fourth-order valence-corrected chi connectivity index (χ4v) is 1.03. The van der Waals surface area contributed by atoms with Crippen molar-refractivity contribution in [3.63, 3.8) is 0 Å². The van der Waals surface area contributed by atoms with Gasteiger partial charge in [-0.25, -0.2) is 0 Å². The maximum absolute atomic E-state index is 11.3. The van der Waals surface area contributed by atoms with Crippen LogP contribution in [-0.2, 0) is 4.79 Å². The van der Waals surface area contributed by atoms with Gasteiger partial charge in [0.1, 0.15) is 5.78 Å². The highest BCUT2D eigenvalue weighted by atomic mass is 16.1. The van der Waals surface area contributed by atoms with Crippen molar-refractivity contribution in [3.05, 3.63) is 12.7 Å². The first kappa shape index (κ1) is 12.4. The van der Waals surface area contributed by atoms with Crippen molar-refractivity contribution >= 4 is 5.78 Å². The van der Waals surface area contributed by atoms with Gasteiger partial charge < -0.3 is 5.73 Å². The van der Waals surface area contributed by atoms with E-state index in [2.05, 4.69) is 6.58 Å². The van der Waals surface area contributed by atoms with Crippen LogP contribution >= 0.6 is 0 Å². The Hall–Kier alpha value is -0.630. The highest BCUT2D eigenvalue weighted by Gasteiger charge is 2.12. The molecule has 76 valence electrons. The number of Topliss-reactive ketones (excluding diaryl/α,β-unsaturated/α-hetero) is 1. The van der Waals surface area contributed by atoms with Gasteiger partial charge in [-0.15, -0.1) is 6.58 Å². The summed E-state index contributed by atoms with van der Waals surface area (Å²) in [5.41, 5.74) is 5.56. The summed E-state index contributed by atoms with van der Waals surface area (Å²) in [6.07, 6.45) is 5.76. The van der Waals surface area contributed by atoms with Crippen molar-refractivity contribution in [2.45, 2.75) is 51.5 Å². The predicted molar refractivity (Wildman–Crippen MR) is 56.6 cm³/mol. The SMILES string of the molecule is C=CCCCC(=O)CCC(C)(C)N. The second-order valence-corrected chi connectivity index (χ2v) is 4.21. The van der Waals surface area contributed by atoms with Gasteiger partial charge in [0, 0.05) is 18.4 Å². The average Bonchev–Trinajstić information content (AvgIpc) is 2.00. The van der Waals surface area contributed by atoms with E-state index in [0.717, 1.165) is 19.3 Å². The van der Waals surface area contributed by atoms with E-state index in [1.165, 1.54) is 0 Å². The lowest BCUT2D eigenvalue weighted by Gasteiger charge is -2.17. The second kappa shape index (κ2) is 5.92. The fourth-order valence-electron chi connectivity index (χ4n) is 1.03. The molecule has 0 bridgehead atoms. The minimum atomic E-state index is -0.214. The van der Waals surface area contributed by atoms with E-state index in [1.54, 1.807) is 0 Å². The molecule has 0 saturated heterocycles. The van der Waals surface area contributed by atoms with Crippen molar-refractivity contribution in [1.82, 2.24) is 0 Å². The Labute approximate surface area is 81.2 Å². The maximum Gasteiger partial charge on any atom is 0.132 e. The number of hydrogen-bond acceptors (Lipinski definition) is 2. The Kier molecular flexibility index (Phi) is 5.63. The molecule has 0 unspecified atom stereocenters. The third-order valence-corrected chi connectivity index (χ3v) is 1.91. The van der Waals surface area contributed by atoms with E-state index in [-0.39, 0.29) is 5.54 Å². The molecule has 0 aromatic rings. The first-order valence-electron chi connectivity index (χ1n) is 4.87. The highest BCUT2D eigenvalue weighted by molar-refractivity contribution is 5.78. The monoisotopic (exact) mass is 183 g/mol. The Morgan fingerprint density at radius 1 is 1.46 bits per heavy atom. The minimum absolute atomic E-state index is 0.214. The number of allylic oxidation sites excluding steroid dienone is 1. The second-order valence-electron chi connectivity index (χ2n) is 4.21. The van der Waals surface area contributed by atoms with Crippen molar-refractivity contribution in [2.75, 3.05) is 0 Å². The number of ketones is 1. The van der Waals surface area contributed by atoms with Gasteiger partial charge in [-0.05, 0) is 33.1 Å². The van der Waals surface area contributed by atoms with E-state index in [1.807, 2.05) is 19.9 Å². The molecule has 13 heavy (non-hydrogen) atoms. The van der Waals surface area contributed by atoms with E-state index >= 15 is 0 Å². The van der Waals surface area contributed by atoms with Crippen molar-refractivity contribution in [2.24, 2.45) is 5.73 Å². The largest absolute Gasteiger partial charge is 0.326 e. The molecule has 0 rings (SSSR count). The Morgan fingerprint density at radius 3 is 2.54 bits per heavy atom. The molecule has 0 aliphatic carbocycles. The van der Waals surface area contributed by atoms with Crippen LogP contribution in [0.4, 0.5) is 0 Å². The topological polar surface area (TPSA) is 43.1 Å². The van der Waals surface area contributed by atoms with Crippen molar-refractivity contribution in [1.29, 1.82) is 0 Å². The zero-order chi connectivity index (χ0) is 10.3. The summed E-state index contributed by atoms with van der Waals surface area (Å²) in [6.45, 7) is 7.51. The molecule has 0 aromatic heterocycles. The number of carbonyl (C=O) groups is 1. The van der Waals surface area contributed by atoms with Crippen LogP contribution in [0.1, 0.15) is 46.0 Å². The lowest BCUT2D eigenvalue weighted by molar-refractivity contribution is -0.119. The summed E-state index contributed by atoms with van der Waals surface area (Å²) in [5, 5.41) is 0. The van der Waals surface area contributed by atoms with E-state index in [4.69, 9.17) is 5.73 Å². The van der Waals surface area contributed by atoms with Gasteiger partial charge in [-0.2, -0.15) is 0 Å². The van der Waals surface area contributed by atoms with Gasteiger partial charge in [-0.3, -0.25) is 4.79 Å². The molecule has 0 radical (unpaired) electrons. The Morgan fingerprint density at radius 2 is 2.08 bits per heavy atom. The van der Waals surface area contributed by atoms with Crippen LogP contribution in [0.25, 0.3) is 0 Å².